The van der Waals surface area contributed by atoms with Crippen molar-refractivity contribution < 1.29 is 19.4 Å². The number of ether oxygens (including phenoxy) is 2. The molecule has 3 aromatic rings. The molecule has 1 aliphatic rings. The van der Waals surface area contributed by atoms with Crippen LogP contribution in [0.2, 0.25) is 0 Å². The lowest BCUT2D eigenvalue weighted by Gasteiger charge is -2.17. The van der Waals surface area contributed by atoms with Crippen LogP contribution in [0.25, 0.3) is 11.3 Å². The van der Waals surface area contributed by atoms with Crippen molar-refractivity contribution >= 4 is 11.6 Å². The number of nitrogens with zero attached hydrogens (tertiary/aromatic N) is 1. The van der Waals surface area contributed by atoms with E-state index in [4.69, 9.17) is 9.47 Å². The Morgan fingerprint density at radius 2 is 1.46 bits per heavy atom. The van der Waals surface area contributed by atoms with Crippen molar-refractivity contribution in [2.75, 3.05) is 6.61 Å². The Labute approximate surface area is 232 Å². The third-order valence-corrected chi connectivity index (χ3v) is 7.58. The molecule has 0 saturated carbocycles. The number of carbonyl (C=O) groups excluding carboxylic acids is 1. The highest BCUT2D eigenvalue weighted by Gasteiger charge is 2.33. The van der Waals surface area contributed by atoms with Crippen molar-refractivity contribution in [2.24, 2.45) is 10.9 Å². The molecule has 6 heteroatoms. The van der Waals surface area contributed by atoms with Crippen molar-refractivity contribution in [3.05, 3.63) is 65.2 Å². The number of hydrogen-bond acceptors (Lipinski definition) is 4. The molecule has 0 radical (unpaired) electrons. The van der Waals surface area contributed by atoms with Gasteiger partial charge in [0, 0.05) is 5.56 Å². The fourth-order valence-electron chi connectivity index (χ4n) is 5.06. The number of benzene rings is 2. The summed E-state index contributed by atoms with van der Waals surface area (Å²) >= 11 is 0. The number of H-pyrrole nitrogens is 1. The summed E-state index contributed by atoms with van der Waals surface area (Å²) < 4.78 is 12.2. The van der Waals surface area contributed by atoms with Gasteiger partial charge < -0.3 is 19.6 Å². The Hall–Kier alpha value is -3.54. The van der Waals surface area contributed by atoms with Crippen molar-refractivity contribution in [3.8, 4) is 28.6 Å². The van der Waals surface area contributed by atoms with Crippen LogP contribution in [0, 0.1) is 5.92 Å². The minimum absolute atomic E-state index is 0.0578. The summed E-state index contributed by atoms with van der Waals surface area (Å²) in [4.78, 5) is 20.3. The lowest BCUT2D eigenvalue weighted by molar-refractivity contribution is 0.101. The molecule has 1 amide bonds. The molecule has 0 spiro atoms. The van der Waals surface area contributed by atoms with E-state index in [0.29, 0.717) is 35.1 Å². The lowest BCUT2D eigenvalue weighted by Crippen LogP contribution is -2.15. The normalized spacial score (nSPS) is 14.2. The number of aromatic hydroxyl groups is 1. The Morgan fingerprint density at radius 1 is 0.821 bits per heavy atom. The summed E-state index contributed by atoms with van der Waals surface area (Å²) in [6.45, 7) is 9.44. The molecule has 6 nitrogen and oxygen atoms in total. The van der Waals surface area contributed by atoms with Gasteiger partial charge in [-0.3, -0.25) is 4.79 Å². The standard InChI is InChI=1S/C33H42N2O4/c1-5-9-11-22(7-3)21-38-26-17-13-23(14-18-26)30-28-29(33(37)34-30)31(35-32(28)36)24-15-19-27(20-16-24)39-25(8-4)12-10-6-2/h13-20,22,25,34,37H,5-12,21H2,1-4H3. The molecular formula is C33H42N2O4. The fraction of sp³-hybridized carbons (Fsp3) is 0.455. The van der Waals surface area contributed by atoms with Crippen molar-refractivity contribution in [1.29, 1.82) is 0 Å². The van der Waals surface area contributed by atoms with E-state index < -0.39 is 0 Å². The Bertz CT molecular complexity index is 1260. The Kier molecular flexibility index (Phi) is 9.85. The van der Waals surface area contributed by atoms with E-state index in [0.717, 1.165) is 54.7 Å². The maximum atomic E-state index is 13.0. The summed E-state index contributed by atoms with van der Waals surface area (Å²) in [7, 11) is 0. The summed E-state index contributed by atoms with van der Waals surface area (Å²) in [6.07, 6.45) is 9.16. The molecule has 1 aromatic heterocycles. The highest BCUT2D eigenvalue weighted by Crippen LogP contribution is 2.38. The minimum atomic E-state index is -0.362. The van der Waals surface area contributed by atoms with Crippen LogP contribution in [0.3, 0.4) is 0 Å². The van der Waals surface area contributed by atoms with E-state index in [9.17, 15) is 9.90 Å². The zero-order valence-electron chi connectivity index (χ0n) is 23.8. The largest absolute Gasteiger partial charge is 0.494 e. The third-order valence-electron chi connectivity index (χ3n) is 7.58. The van der Waals surface area contributed by atoms with Gasteiger partial charge in [-0.25, -0.2) is 4.99 Å². The minimum Gasteiger partial charge on any atom is -0.494 e. The maximum Gasteiger partial charge on any atom is 0.280 e. The maximum absolute atomic E-state index is 13.0. The molecule has 2 heterocycles. The summed E-state index contributed by atoms with van der Waals surface area (Å²) in [6, 6.07) is 15.2. The van der Waals surface area contributed by atoms with Crippen LogP contribution in [0.5, 0.6) is 17.4 Å². The van der Waals surface area contributed by atoms with Crippen molar-refractivity contribution in [1.82, 2.24) is 4.98 Å². The molecule has 2 atom stereocenters. The number of aromatic nitrogens is 1. The Balaban J connectivity index is 1.48. The number of fused-ring (bicyclic) bond motifs is 1. The van der Waals surface area contributed by atoms with Gasteiger partial charge in [-0.1, -0.05) is 59.8 Å². The Morgan fingerprint density at radius 3 is 2.10 bits per heavy atom. The van der Waals surface area contributed by atoms with Gasteiger partial charge in [0.1, 0.15) is 11.5 Å². The SMILES string of the molecule is CCCCC(CC)COc1ccc(-c2[nH]c(O)c3c2C(=O)N=C3c2ccc(OC(CC)CCCC)cc2)cc1. The van der Waals surface area contributed by atoms with Crippen LogP contribution in [-0.2, 0) is 0 Å². The van der Waals surface area contributed by atoms with Gasteiger partial charge in [-0.2, -0.15) is 0 Å². The second-order valence-electron chi connectivity index (χ2n) is 10.4. The lowest BCUT2D eigenvalue weighted by atomic mass is 10.00. The predicted molar refractivity (Wildman–Crippen MR) is 157 cm³/mol. The quantitative estimate of drug-likeness (QED) is 0.207. The zero-order valence-corrected chi connectivity index (χ0v) is 23.8. The van der Waals surface area contributed by atoms with Crippen LogP contribution in [-0.4, -0.2) is 34.4 Å². The van der Waals surface area contributed by atoms with Crippen molar-refractivity contribution in [3.63, 3.8) is 0 Å². The van der Waals surface area contributed by atoms with E-state index >= 15 is 0 Å². The van der Waals surface area contributed by atoms with Gasteiger partial charge in [0.25, 0.3) is 5.91 Å². The van der Waals surface area contributed by atoms with Crippen molar-refractivity contribution in [2.45, 2.75) is 85.2 Å². The van der Waals surface area contributed by atoms with Crippen LogP contribution in [0.15, 0.2) is 53.5 Å². The van der Waals surface area contributed by atoms with E-state index in [2.05, 4.69) is 37.7 Å². The monoisotopic (exact) mass is 530 g/mol. The van der Waals surface area contributed by atoms with Crippen LogP contribution in [0.4, 0.5) is 0 Å². The average Bonchev–Trinajstić information content (AvgIpc) is 3.49. The summed E-state index contributed by atoms with van der Waals surface area (Å²) in [5, 5.41) is 10.8. The molecule has 2 unspecified atom stereocenters. The average molecular weight is 531 g/mol. The molecule has 4 rings (SSSR count). The molecule has 0 saturated heterocycles. The topological polar surface area (TPSA) is 83.9 Å². The van der Waals surface area contributed by atoms with E-state index in [1.807, 2.05) is 48.5 Å². The number of hydrogen-bond donors (Lipinski definition) is 2. The smallest absolute Gasteiger partial charge is 0.280 e. The highest BCUT2D eigenvalue weighted by molar-refractivity contribution is 6.30. The van der Waals surface area contributed by atoms with E-state index in [1.165, 1.54) is 19.3 Å². The number of unbranched alkanes of at least 4 members (excludes halogenated alkanes) is 2. The van der Waals surface area contributed by atoms with E-state index in [-0.39, 0.29) is 17.9 Å². The second-order valence-corrected chi connectivity index (χ2v) is 10.4. The third kappa shape index (κ3) is 6.73. The first-order valence-corrected chi connectivity index (χ1v) is 14.6. The molecule has 2 N–H and O–H groups in total. The number of carbonyl (C=O) groups is 1. The summed E-state index contributed by atoms with van der Waals surface area (Å²) in [5.74, 6) is 1.73. The number of aromatic amines is 1. The van der Waals surface area contributed by atoms with Gasteiger partial charge in [-0.15, -0.1) is 0 Å². The molecule has 39 heavy (non-hydrogen) atoms. The van der Waals surface area contributed by atoms with Gasteiger partial charge in [0.05, 0.1) is 35.2 Å². The first-order valence-electron chi connectivity index (χ1n) is 14.6. The first-order chi connectivity index (χ1) is 19.0. The summed E-state index contributed by atoms with van der Waals surface area (Å²) in [5.41, 5.74) is 3.43. The van der Waals surface area contributed by atoms with Gasteiger partial charge in [-0.05, 0) is 79.3 Å². The van der Waals surface area contributed by atoms with Crippen LogP contribution >= 0.6 is 0 Å². The first kappa shape index (κ1) is 28.5. The number of rotatable bonds is 15. The molecule has 2 aromatic carbocycles. The number of nitrogens with one attached hydrogen (secondary N) is 1. The molecule has 0 bridgehead atoms. The van der Waals surface area contributed by atoms with Gasteiger partial charge in [0.2, 0.25) is 0 Å². The number of amides is 1. The fourth-order valence-corrected chi connectivity index (χ4v) is 5.06. The number of aliphatic imine (C=N–C) groups is 1. The van der Waals surface area contributed by atoms with Crippen LogP contribution in [0.1, 0.15) is 101 Å². The van der Waals surface area contributed by atoms with Gasteiger partial charge >= 0.3 is 0 Å². The molecule has 1 aliphatic heterocycles. The molecule has 0 fully saturated rings. The predicted octanol–water partition coefficient (Wildman–Crippen LogP) is 8.32. The van der Waals surface area contributed by atoms with Gasteiger partial charge in [0.15, 0.2) is 5.88 Å². The van der Waals surface area contributed by atoms with Crippen LogP contribution < -0.4 is 9.47 Å². The highest BCUT2D eigenvalue weighted by atomic mass is 16.5. The molecule has 208 valence electrons. The van der Waals surface area contributed by atoms with E-state index in [1.54, 1.807) is 0 Å². The molecule has 0 aliphatic carbocycles. The zero-order chi connectivity index (χ0) is 27.8. The molecular weight excluding hydrogens is 488 g/mol. The second kappa shape index (κ2) is 13.5.